The number of nitrogens with zero attached hydrogens (tertiary/aromatic N) is 1. The van der Waals surface area contributed by atoms with Gasteiger partial charge < -0.3 is 14.5 Å². The third-order valence-corrected chi connectivity index (χ3v) is 6.20. The first-order chi connectivity index (χ1) is 12.7. The maximum Gasteiger partial charge on any atom is 0.341 e. The van der Waals surface area contributed by atoms with Crippen molar-refractivity contribution in [2.45, 2.75) is 24.5 Å². The molecular formula is C18H16N2O4S2. The summed E-state index contributed by atoms with van der Waals surface area (Å²) in [5.74, 6) is -0.454. The number of hydrogen-bond acceptors (Lipinski definition) is 7. The number of thioether (sulfide) groups is 1. The molecule has 134 valence electrons. The van der Waals surface area contributed by atoms with E-state index in [-0.39, 0.29) is 11.7 Å². The number of aromatic nitrogens is 1. The average Bonchev–Trinajstić information content (AvgIpc) is 3.32. The number of thiophene rings is 1. The van der Waals surface area contributed by atoms with E-state index < -0.39 is 5.97 Å². The molecule has 0 atom stereocenters. The lowest BCUT2D eigenvalue weighted by atomic mass is 10.1. The summed E-state index contributed by atoms with van der Waals surface area (Å²) in [6, 6.07) is 7.45. The summed E-state index contributed by atoms with van der Waals surface area (Å²) < 4.78 is 10.5. The summed E-state index contributed by atoms with van der Waals surface area (Å²) >= 11 is 2.69. The van der Waals surface area contributed by atoms with Gasteiger partial charge in [-0.15, -0.1) is 11.3 Å². The topological polar surface area (TPSA) is 81.4 Å². The molecular weight excluding hydrogens is 372 g/mol. The SMILES string of the molecule is COC(=O)c1c(NC(=O)CSc2nc3ccccc3o2)sc2c1CCC2. The van der Waals surface area contributed by atoms with Crippen molar-refractivity contribution in [3.63, 3.8) is 0 Å². The molecule has 1 aromatic carbocycles. The molecule has 3 aromatic rings. The van der Waals surface area contributed by atoms with Gasteiger partial charge in [0, 0.05) is 4.88 Å². The van der Waals surface area contributed by atoms with Crippen molar-refractivity contribution in [2.24, 2.45) is 0 Å². The zero-order valence-electron chi connectivity index (χ0n) is 14.0. The number of carbonyl (C=O) groups excluding carboxylic acids is 2. The van der Waals surface area contributed by atoms with E-state index >= 15 is 0 Å². The summed E-state index contributed by atoms with van der Waals surface area (Å²) in [7, 11) is 1.36. The number of esters is 1. The third kappa shape index (κ3) is 3.22. The van der Waals surface area contributed by atoms with Gasteiger partial charge in [0.1, 0.15) is 10.5 Å². The molecule has 6 nitrogen and oxygen atoms in total. The van der Waals surface area contributed by atoms with E-state index in [1.54, 1.807) is 0 Å². The number of carbonyl (C=O) groups is 2. The van der Waals surface area contributed by atoms with Gasteiger partial charge in [-0.25, -0.2) is 9.78 Å². The number of ether oxygens (including phenoxy) is 1. The van der Waals surface area contributed by atoms with Gasteiger partial charge in [-0.2, -0.15) is 0 Å². The number of amides is 1. The van der Waals surface area contributed by atoms with Crippen LogP contribution in [0, 0.1) is 0 Å². The Morgan fingerprint density at radius 2 is 2.19 bits per heavy atom. The molecule has 0 fully saturated rings. The van der Waals surface area contributed by atoms with Gasteiger partial charge >= 0.3 is 5.97 Å². The van der Waals surface area contributed by atoms with Crippen LogP contribution in [0.2, 0.25) is 0 Å². The van der Waals surface area contributed by atoms with Crippen LogP contribution in [0.1, 0.15) is 27.2 Å². The minimum atomic E-state index is -0.397. The van der Waals surface area contributed by atoms with Gasteiger partial charge in [-0.3, -0.25) is 4.79 Å². The van der Waals surface area contributed by atoms with Crippen LogP contribution in [0.15, 0.2) is 33.9 Å². The van der Waals surface area contributed by atoms with Crippen LogP contribution in [0.4, 0.5) is 5.00 Å². The van der Waals surface area contributed by atoms with Crippen LogP contribution in [-0.4, -0.2) is 29.7 Å². The predicted molar refractivity (Wildman–Crippen MR) is 101 cm³/mol. The molecule has 1 aliphatic rings. The molecule has 0 saturated carbocycles. The first kappa shape index (κ1) is 17.1. The zero-order valence-corrected chi connectivity index (χ0v) is 15.7. The molecule has 1 N–H and O–H groups in total. The van der Waals surface area contributed by atoms with Crippen LogP contribution in [0.5, 0.6) is 0 Å². The normalized spacial score (nSPS) is 13.0. The molecule has 26 heavy (non-hydrogen) atoms. The Labute approximate surface area is 157 Å². The lowest BCUT2D eigenvalue weighted by molar-refractivity contribution is -0.113. The molecule has 0 saturated heterocycles. The van der Waals surface area contributed by atoms with Crippen molar-refractivity contribution in [2.75, 3.05) is 18.2 Å². The third-order valence-electron chi connectivity index (χ3n) is 4.16. The van der Waals surface area contributed by atoms with E-state index in [2.05, 4.69) is 10.3 Å². The Balaban J connectivity index is 1.46. The summed E-state index contributed by atoms with van der Waals surface area (Å²) in [5.41, 5.74) is 2.98. The molecule has 4 rings (SSSR count). The Hall–Kier alpha value is -2.32. The molecule has 2 heterocycles. The Morgan fingerprint density at radius 3 is 3.00 bits per heavy atom. The number of oxazole rings is 1. The van der Waals surface area contributed by atoms with Gasteiger partial charge in [-0.05, 0) is 37.0 Å². The van der Waals surface area contributed by atoms with Gasteiger partial charge in [0.25, 0.3) is 5.22 Å². The van der Waals surface area contributed by atoms with Gasteiger partial charge in [0.15, 0.2) is 5.58 Å². The molecule has 1 aliphatic carbocycles. The highest BCUT2D eigenvalue weighted by molar-refractivity contribution is 7.99. The smallest absolute Gasteiger partial charge is 0.341 e. The van der Waals surface area contributed by atoms with Gasteiger partial charge in [-0.1, -0.05) is 23.9 Å². The van der Waals surface area contributed by atoms with Crippen LogP contribution in [-0.2, 0) is 22.4 Å². The van der Waals surface area contributed by atoms with E-state index in [1.807, 2.05) is 24.3 Å². The van der Waals surface area contributed by atoms with E-state index in [0.717, 1.165) is 35.2 Å². The minimum absolute atomic E-state index is 0.149. The number of fused-ring (bicyclic) bond motifs is 2. The van der Waals surface area contributed by atoms with Crippen molar-refractivity contribution in [1.29, 1.82) is 0 Å². The van der Waals surface area contributed by atoms with Crippen molar-refractivity contribution < 1.29 is 18.7 Å². The monoisotopic (exact) mass is 388 g/mol. The standard InChI is InChI=1S/C18H16N2O4S2/c1-23-17(22)15-10-5-4-8-13(10)26-16(15)20-14(21)9-25-18-19-11-6-2-3-7-12(11)24-18/h2-3,6-7H,4-5,8-9H2,1H3,(H,20,21). The van der Waals surface area contributed by atoms with Crippen LogP contribution in [0.3, 0.4) is 0 Å². The number of benzene rings is 1. The molecule has 0 bridgehead atoms. The quantitative estimate of drug-likeness (QED) is 0.527. The number of rotatable bonds is 5. The number of aryl methyl sites for hydroxylation is 1. The second-order valence-electron chi connectivity index (χ2n) is 5.84. The highest BCUT2D eigenvalue weighted by atomic mass is 32.2. The van der Waals surface area contributed by atoms with Gasteiger partial charge in [0.2, 0.25) is 5.91 Å². The average molecular weight is 388 g/mol. The van der Waals surface area contributed by atoms with E-state index in [9.17, 15) is 9.59 Å². The molecule has 2 aromatic heterocycles. The van der Waals surface area contributed by atoms with Crippen molar-refractivity contribution >= 4 is 51.1 Å². The van der Waals surface area contributed by atoms with Crippen molar-refractivity contribution in [1.82, 2.24) is 4.98 Å². The molecule has 0 spiro atoms. The molecule has 0 unspecified atom stereocenters. The van der Waals surface area contributed by atoms with Crippen LogP contribution < -0.4 is 5.32 Å². The fourth-order valence-electron chi connectivity index (χ4n) is 3.01. The molecule has 0 radical (unpaired) electrons. The number of methoxy groups -OCH3 is 1. The van der Waals surface area contributed by atoms with E-state index in [0.29, 0.717) is 21.4 Å². The fraction of sp³-hybridized carbons (Fsp3) is 0.278. The highest BCUT2D eigenvalue weighted by Crippen LogP contribution is 2.39. The van der Waals surface area contributed by atoms with Crippen LogP contribution >= 0.6 is 23.1 Å². The van der Waals surface area contributed by atoms with Crippen LogP contribution in [0.25, 0.3) is 11.1 Å². The number of nitrogens with one attached hydrogen (secondary N) is 1. The summed E-state index contributed by atoms with van der Waals surface area (Å²) in [5, 5.41) is 3.87. The number of hydrogen-bond donors (Lipinski definition) is 1. The predicted octanol–water partition coefficient (Wildman–Crippen LogP) is 3.90. The second kappa shape index (κ2) is 7.13. The lowest BCUT2D eigenvalue weighted by Gasteiger charge is -2.06. The Bertz CT molecular complexity index is 959. The van der Waals surface area contributed by atoms with Crippen molar-refractivity contribution in [3.8, 4) is 0 Å². The highest BCUT2D eigenvalue weighted by Gasteiger charge is 2.28. The first-order valence-electron chi connectivity index (χ1n) is 8.17. The zero-order chi connectivity index (χ0) is 18.1. The fourth-order valence-corrected chi connectivity index (χ4v) is 4.95. The maximum atomic E-state index is 12.3. The summed E-state index contributed by atoms with van der Waals surface area (Å²) in [6.07, 6.45) is 2.83. The largest absolute Gasteiger partial charge is 0.465 e. The summed E-state index contributed by atoms with van der Waals surface area (Å²) in [4.78, 5) is 30.0. The molecule has 0 aliphatic heterocycles. The lowest BCUT2D eigenvalue weighted by Crippen LogP contribution is -2.16. The second-order valence-corrected chi connectivity index (χ2v) is 7.87. The van der Waals surface area contributed by atoms with E-state index in [1.165, 1.54) is 30.2 Å². The van der Waals surface area contributed by atoms with Crippen molar-refractivity contribution in [3.05, 3.63) is 40.3 Å². The molecule has 1 amide bonds. The summed E-state index contributed by atoms with van der Waals surface area (Å²) in [6.45, 7) is 0. The maximum absolute atomic E-state index is 12.3. The number of anilines is 1. The number of para-hydroxylation sites is 2. The first-order valence-corrected chi connectivity index (χ1v) is 9.97. The van der Waals surface area contributed by atoms with Gasteiger partial charge in [0.05, 0.1) is 18.4 Å². The van der Waals surface area contributed by atoms with E-state index in [4.69, 9.17) is 9.15 Å². The minimum Gasteiger partial charge on any atom is -0.465 e. The Morgan fingerprint density at radius 1 is 1.35 bits per heavy atom. The molecule has 8 heteroatoms. The Kier molecular flexibility index (Phi) is 4.69.